The van der Waals surface area contributed by atoms with E-state index in [1.54, 1.807) is 28.3 Å². The van der Waals surface area contributed by atoms with Crippen molar-refractivity contribution in [3.05, 3.63) is 18.5 Å². The maximum atomic E-state index is 12.4. The third-order valence-corrected chi connectivity index (χ3v) is 4.38. The molecule has 1 aromatic rings. The molecule has 3 rings (SSSR count). The summed E-state index contributed by atoms with van der Waals surface area (Å²) in [5.41, 5.74) is 0. The van der Waals surface area contributed by atoms with Crippen molar-refractivity contribution in [1.29, 1.82) is 0 Å². The Hall–Kier alpha value is -2.22. The fourth-order valence-corrected chi connectivity index (χ4v) is 2.84. The van der Waals surface area contributed by atoms with E-state index in [9.17, 15) is 9.59 Å². The van der Waals surface area contributed by atoms with E-state index in [0.29, 0.717) is 45.2 Å². The molecule has 8 nitrogen and oxygen atoms in total. The van der Waals surface area contributed by atoms with Gasteiger partial charge >= 0.3 is 11.8 Å². The summed E-state index contributed by atoms with van der Waals surface area (Å²) in [6.07, 6.45) is 3.41. The van der Waals surface area contributed by atoms with Crippen molar-refractivity contribution in [2.24, 2.45) is 0 Å². The Labute approximate surface area is 135 Å². The second-order valence-corrected chi connectivity index (χ2v) is 5.92. The van der Waals surface area contributed by atoms with Crippen LogP contribution in [0.25, 0.3) is 0 Å². The maximum Gasteiger partial charge on any atom is 0.312 e. The lowest BCUT2D eigenvalue weighted by Crippen LogP contribution is -2.56. The summed E-state index contributed by atoms with van der Waals surface area (Å²) in [7, 11) is 2.02. The van der Waals surface area contributed by atoms with Crippen molar-refractivity contribution in [1.82, 2.24) is 24.7 Å². The Morgan fingerprint density at radius 2 is 1.30 bits per heavy atom. The van der Waals surface area contributed by atoms with Gasteiger partial charge in [0.2, 0.25) is 5.95 Å². The number of carbonyl (C=O) groups is 2. The van der Waals surface area contributed by atoms with E-state index >= 15 is 0 Å². The first kappa shape index (κ1) is 15.7. The van der Waals surface area contributed by atoms with Gasteiger partial charge < -0.3 is 19.6 Å². The first-order valence-corrected chi connectivity index (χ1v) is 7.94. The van der Waals surface area contributed by atoms with Gasteiger partial charge in [0, 0.05) is 64.8 Å². The van der Waals surface area contributed by atoms with Gasteiger partial charge in [0.05, 0.1) is 0 Å². The van der Waals surface area contributed by atoms with Crippen LogP contribution in [0.1, 0.15) is 0 Å². The summed E-state index contributed by atoms with van der Waals surface area (Å²) in [4.78, 5) is 40.7. The average Bonchev–Trinajstić information content (AvgIpc) is 2.62. The minimum atomic E-state index is -0.386. The summed E-state index contributed by atoms with van der Waals surface area (Å²) in [6, 6.07) is 1.78. The van der Waals surface area contributed by atoms with Crippen molar-refractivity contribution >= 4 is 17.8 Å². The number of anilines is 1. The second-order valence-electron chi connectivity index (χ2n) is 5.92. The number of rotatable bonds is 1. The summed E-state index contributed by atoms with van der Waals surface area (Å²) in [5.74, 6) is -0.0873. The minimum absolute atomic E-state index is 0.373. The first-order valence-electron chi connectivity index (χ1n) is 7.94. The standard InChI is InChI=1S/C15H22N6O2/c1-18-5-7-19(8-6-18)13(22)14(23)20-9-11-21(12-10-20)15-16-3-2-4-17-15/h2-4H,5-12H2,1H3. The van der Waals surface area contributed by atoms with Gasteiger partial charge in [-0.3, -0.25) is 9.59 Å². The van der Waals surface area contributed by atoms with Crippen LogP contribution < -0.4 is 4.90 Å². The van der Waals surface area contributed by atoms with Crippen molar-refractivity contribution in [3.8, 4) is 0 Å². The molecule has 0 aromatic carbocycles. The molecule has 2 fully saturated rings. The SMILES string of the molecule is CN1CCN(C(=O)C(=O)N2CCN(c3ncccn3)CC2)CC1. The van der Waals surface area contributed by atoms with Gasteiger partial charge in [0.15, 0.2) is 0 Å². The Kier molecular flexibility index (Phi) is 4.71. The number of carbonyl (C=O) groups excluding carboxylic acids is 2. The van der Waals surface area contributed by atoms with Gasteiger partial charge in [-0.15, -0.1) is 0 Å². The molecular weight excluding hydrogens is 296 g/mol. The summed E-state index contributed by atoms with van der Waals surface area (Å²) in [5, 5.41) is 0. The van der Waals surface area contributed by atoms with Crippen molar-refractivity contribution in [3.63, 3.8) is 0 Å². The van der Waals surface area contributed by atoms with Gasteiger partial charge in [0.1, 0.15) is 0 Å². The van der Waals surface area contributed by atoms with Crippen molar-refractivity contribution in [2.45, 2.75) is 0 Å². The zero-order chi connectivity index (χ0) is 16.2. The summed E-state index contributed by atoms with van der Waals surface area (Å²) >= 11 is 0. The highest BCUT2D eigenvalue weighted by molar-refractivity contribution is 6.34. The topological polar surface area (TPSA) is 72.9 Å². The summed E-state index contributed by atoms with van der Waals surface area (Å²) < 4.78 is 0. The molecule has 23 heavy (non-hydrogen) atoms. The molecule has 0 saturated carbocycles. The number of likely N-dealkylation sites (N-methyl/N-ethyl adjacent to an activating group) is 1. The average molecular weight is 318 g/mol. The molecule has 8 heteroatoms. The third kappa shape index (κ3) is 3.58. The number of hydrogen-bond donors (Lipinski definition) is 0. The summed E-state index contributed by atoms with van der Waals surface area (Å²) in [6.45, 7) is 5.22. The van der Waals surface area contributed by atoms with E-state index in [1.807, 2.05) is 11.9 Å². The molecule has 0 aliphatic carbocycles. The molecule has 2 aliphatic heterocycles. The minimum Gasteiger partial charge on any atom is -0.337 e. The molecule has 2 amide bonds. The Morgan fingerprint density at radius 1 is 0.826 bits per heavy atom. The maximum absolute atomic E-state index is 12.4. The van der Waals surface area contributed by atoms with Crippen LogP contribution in [0.15, 0.2) is 18.5 Å². The van der Waals surface area contributed by atoms with Crippen molar-refractivity contribution in [2.75, 3.05) is 64.3 Å². The van der Waals surface area contributed by atoms with Gasteiger partial charge in [-0.1, -0.05) is 0 Å². The van der Waals surface area contributed by atoms with Crippen LogP contribution in [0, 0.1) is 0 Å². The van der Waals surface area contributed by atoms with E-state index in [4.69, 9.17) is 0 Å². The van der Waals surface area contributed by atoms with E-state index in [-0.39, 0.29) is 11.8 Å². The number of piperazine rings is 2. The van der Waals surface area contributed by atoms with Gasteiger partial charge in [0.25, 0.3) is 0 Å². The molecule has 124 valence electrons. The largest absolute Gasteiger partial charge is 0.337 e. The molecule has 0 radical (unpaired) electrons. The van der Waals surface area contributed by atoms with E-state index in [1.165, 1.54) is 0 Å². The van der Waals surface area contributed by atoms with Crippen LogP contribution in [-0.2, 0) is 9.59 Å². The Bertz CT molecular complexity index is 550. The van der Waals surface area contributed by atoms with Crippen molar-refractivity contribution < 1.29 is 9.59 Å². The number of amides is 2. The molecule has 0 spiro atoms. The van der Waals surface area contributed by atoms with E-state index in [0.717, 1.165) is 13.1 Å². The van der Waals surface area contributed by atoms with Crippen LogP contribution in [-0.4, -0.2) is 95.9 Å². The molecule has 0 atom stereocenters. The fourth-order valence-electron chi connectivity index (χ4n) is 2.84. The van der Waals surface area contributed by atoms with Gasteiger partial charge in [-0.25, -0.2) is 9.97 Å². The molecule has 2 aliphatic rings. The monoisotopic (exact) mass is 318 g/mol. The highest BCUT2D eigenvalue weighted by atomic mass is 16.2. The van der Waals surface area contributed by atoms with Crippen LogP contribution in [0.2, 0.25) is 0 Å². The van der Waals surface area contributed by atoms with Crippen LogP contribution in [0.4, 0.5) is 5.95 Å². The normalized spacial score (nSPS) is 19.8. The third-order valence-electron chi connectivity index (χ3n) is 4.38. The van der Waals surface area contributed by atoms with E-state index in [2.05, 4.69) is 14.9 Å². The van der Waals surface area contributed by atoms with E-state index < -0.39 is 0 Å². The molecule has 0 N–H and O–H groups in total. The Morgan fingerprint density at radius 3 is 1.83 bits per heavy atom. The predicted octanol–water partition coefficient (Wildman–Crippen LogP) is -1.10. The lowest BCUT2D eigenvalue weighted by Gasteiger charge is -2.36. The predicted molar refractivity (Wildman–Crippen MR) is 84.9 cm³/mol. The molecule has 2 saturated heterocycles. The zero-order valence-corrected chi connectivity index (χ0v) is 13.4. The highest BCUT2D eigenvalue weighted by Gasteiger charge is 2.31. The molecule has 0 unspecified atom stereocenters. The first-order chi connectivity index (χ1) is 11.1. The number of hydrogen-bond acceptors (Lipinski definition) is 6. The zero-order valence-electron chi connectivity index (χ0n) is 13.4. The Balaban J connectivity index is 1.53. The fraction of sp³-hybridized carbons (Fsp3) is 0.600. The molecule has 1 aromatic heterocycles. The smallest absolute Gasteiger partial charge is 0.312 e. The number of nitrogens with zero attached hydrogens (tertiary/aromatic N) is 6. The molecule has 0 bridgehead atoms. The van der Waals surface area contributed by atoms with Gasteiger partial charge in [-0.05, 0) is 13.1 Å². The molecule has 3 heterocycles. The van der Waals surface area contributed by atoms with Gasteiger partial charge in [-0.2, -0.15) is 0 Å². The second kappa shape index (κ2) is 6.91. The highest BCUT2D eigenvalue weighted by Crippen LogP contribution is 2.11. The number of aromatic nitrogens is 2. The van der Waals surface area contributed by atoms with Crippen LogP contribution in [0.3, 0.4) is 0 Å². The lowest BCUT2D eigenvalue weighted by molar-refractivity contribution is -0.152. The lowest BCUT2D eigenvalue weighted by atomic mass is 10.2. The molecular formula is C15H22N6O2. The quantitative estimate of drug-likeness (QED) is 0.612. The van der Waals surface area contributed by atoms with Crippen LogP contribution in [0.5, 0.6) is 0 Å². The van der Waals surface area contributed by atoms with Crippen LogP contribution >= 0.6 is 0 Å².